The molecular weight excluding hydrogens is 997 g/mol. The van der Waals surface area contributed by atoms with E-state index in [2.05, 4.69) is 179 Å². The van der Waals surface area contributed by atoms with E-state index in [1.807, 2.05) is 0 Å². The minimum Gasteiger partial charge on any atom is -0.462 e. The Bertz CT molecular complexity index is 1810. The highest BCUT2D eigenvalue weighted by molar-refractivity contribution is 5.71. The Kier molecular flexibility index (Phi) is 63.4. The molecule has 0 radical (unpaired) electrons. The molecule has 6 nitrogen and oxygen atoms in total. The van der Waals surface area contributed by atoms with Gasteiger partial charge in [-0.05, 0) is 135 Å². The molecule has 0 bridgehead atoms. The van der Waals surface area contributed by atoms with Crippen molar-refractivity contribution >= 4 is 17.9 Å². The van der Waals surface area contributed by atoms with Gasteiger partial charge in [0.15, 0.2) is 6.10 Å². The highest BCUT2D eigenvalue weighted by Gasteiger charge is 2.19. The fourth-order valence-corrected chi connectivity index (χ4v) is 8.59. The van der Waals surface area contributed by atoms with Crippen LogP contribution < -0.4 is 0 Å². The average Bonchev–Trinajstić information content (AvgIpc) is 3.47. The van der Waals surface area contributed by atoms with E-state index in [1.54, 1.807) is 0 Å². The Balaban J connectivity index is 4.27. The first-order chi connectivity index (χ1) is 40.0. The fourth-order valence-electron chi connectivity index (χ4n) is 8.59. The van der Waals surface area contributed by atoms with Crippen LogP contribution in [0, 0.1) is 0 Å². The maximum Gasteiger partial charge on any atom is 0.306 e. The maximum atomic E-state index is 12.9. The summed E-state index contributed by atoms with van der Waals surface area (Å²) >= 11 is 0. The monoisotopic (exact) mass is 1120 g/mol. The number of esters is 3. The molecule has 1 atom stereocenters. The summed E-state index contributed by atoms with van der Waals surface area (Å²) in [6, 6.07) is 0. The van der Waals surface area contributed by atoms with E-state index in [0.29, 0.717) is 25.7 Å². The smallest absolute Gasteiger partial charge is 0.306 e. The van der Waals surface area contributed by atoms with Crippen molar-refractivity contribution in [1.82, 2.24) is 0 Å². The van der Waals surface area contributed by atoms with Crippen LogP contribution in [0.1, 0.15) is 278 Å². The van der Waals surface area contributed by atoms with E-state index in [1.165, 1.54) is 96.3 Å². The van der Waals surface area contributed by atoms with Gasteiger partial charge >= 0.3 is 17.9 Å². The van der Waals surface area contributed by atoms with Crippen molar-refractivity contribution in [2.75, 3.05) is 13.2 Å². The lowest BCUT2D eigenvalue weighted by Gasteiger charge is -2.18. The zero-order chi connectivity index (χ0) is 58.5. The van der Waals surface area contributed by atoms with E-state index in [-0.39, 0.29) is 31.1 Å². The Morgan fingerprint density at radius 1 is 0.259 bits per heavy atom. The molecule has 0 N–H and O–H groups in total. The molecule has 81 heavy (non-hydrogen) atoms. The Hall–Kier alpha value is -4.97. The fraction of sp³-hybridized carbons (Fsp3) is 0.613. The van der Waals surface area contributed by atoms with Gasteiger partial charge in [0.1, 0.15) is 13.2 Å². The van der Waals surface area contributed by atoms with Crippen molar-refractivity contribution in [3.05, 3.63) is 158 Å². The van der Waals surface area contributed by atoms with E-state index < -0.39 is 6.10 Å². The summed E-state index contributed by atoms with van der Waals surface area (Å²) < 4.78 is 16.8. The first-order valence-corrected chi connectivity index (χ1v) is 33.0. The molecule has 0 fully saturated rings. The summed E-state index contributed by atoms with van der Waals surface area (Å²) in [5.41, 5.74) is 0. The predicted molar refractivity (Wildman–Crippen MR) is 352 cm³/mol. The number of hydrogen-bond acceptors (Lipinski definition) is 6. The van der Waals surface area contributed by atoms with Gasteiger partial charge in [0.2, 0.25) is 0 Å². The van der Waals surface area contributed by atoms with Gasteiger partial charge in [-0.2, -0.15) is 0 Å². The second-order valence-electron chi connectivity index (χ2n) is 21.3. The molecule has 0 aromatic heterocycles. The molecule has 0 saturated carbocycles. The SMILES string of the molecule is CC/C=C\C/C=C\C/C=C\C/C=C\C/C=C\C/C=C\C/C=C\C/C=C\C/C=C\C/C=C\CCCCC(=O)OCC(COC(=O)CCCCCCCCC)OC(=O)CCCCCCCCCC/C=C\C/C=C\C/C=C\CCCCCCC. The minimum absolute atomic E-state index is 0.0996. The van der Waals surface area contributed by atoms with Crippen molar-refractivity contribution in [2.24, 2.45) is 0 Å². The van der Waals surface area contributed by atoms with Crippen LogP contribution in [0.2, 0.25) is 0 Å². The van der Waals surface area contributed by atoms with E-state index in [4.69, 9.17) is 14.2 Å². The zero-order valence-electron chi connectivity index (χ0n) is 52.2. The van der Waals surface area contributed by atoms with Crippen LogP contribution in [0.15, 0.2) is 158 Å². The lowest BCUT2D eigenvalue weighted by atomic mass is 10.1. The van der Waals surface area contributed by atoms with E-state index in [9.17, 15) is 14.4 Å². The van der Waals surface area contributed by atoms with Gasteiger partial charge in [0.05, 0.1) is 0 Å². The molecule has 0 heterocycles. The molecule has 0 aromatic carbocycles. The first-order valence-electron chi connectivity index (χ1n) is 33.0. The van der Waals surface area contributed by atoms with Crippen molar-refractivity contribution in [2.45, 2.75) is 284 Å². The molecule has 0 aliphatic rings. The van der Waals surface area contributed by atoms with Crippen LogP contribution in [0.3, 0.4) is 0 Å². The zero-order valence-corrected chi connectivity index (χ0v) is 52.2. The normalized spacial score (nSPS) is 13.2. The van der Waals surface area contributed by atoms with Gasteiger partial charge in [-0.25, -0.2) is 0 Å². The van der Waals surface area contributed by atoms with Gasteiger partial charge < -0.3 is 14.2 Å². The minimum atomic E-state index is -0.805. The second-order valence-corrected chi connectivity index (χ2v) is 21.3. The van der Waals surface area contributed by atoms with Gasteiger partial charge in [-0.15, -0.1) is 0 Å². The van der Waals surface area contributed by atoms with Crippen molar-refractivity contribution in [1.29, 1.82) is 0 Å². The molecule has 0 aromatic rings. The van der Waals surface area contributed by atoms with Crippen molar-refractivity contribution in [3.63, 3.8) is 0 Å². The quantitative estimate of drug-likeness (QED) is 0.0261. The summed E-state index contributed by atoms with van der Waals surface area (Å²) in [4.78, 5) is 38.1. The summed E-state index contributed by atoms with van der Waals surface area (Å²) in [7, 11) is 0. The average molecular weight is 1120 g/mol. The molecule has 0 aliphatic carbocycles. The Labute approximate surface area is 499 Å². The number of unbranched alkanes of at least 4 members (excludes halogenated alkanes) is 21. The topological polar surface area (TPSA) is 78.9 Å². The Morgan fingerprint density at radius 2 is 0.481 bits per heavy atom. The van der Waals surface area contributed by atoms with Crippen LogP contribution in [-0.4, -0.2) is 37.2 Å². The summed E-state index contributed by atoms with van der Waals surface area (Å²) in [5, 5.41) is 0. The van der Waals surface area contributed by atoms with Crippen LogP contribution in [0.25, 0.3) is 0 Å². The van der Waals surface area contributed by atoms with Crippen molar-refractivity contribution < 1.29 is 28.6 Å². The maximum absolute atomic E-state index is 12.9. The number of hydrogen-bond donors (Lipinski definition) is 0. The van der Waals surface area contributed by atoms with E-state index in [0.717, 1.165) is 135 Å². The molecule has 1 unspecified atom stereocenters. The lowest BCUT2D eigenvalue weighted by Crippen LogP contribution is -2.30. The number of ether oxygens (including phenoxy) is 3. The van der Waals surface area contributed by atoms with Crippen LogP contribution in [0.4, 0.5) is 0 Å². The second kappa shape index (κ2) is 67.5. The molecule has 0 spiro atoms. The van der Waals surface area contributed by atoms with Gasteiger partial charge in [-0.3, -0.25) is 14.4 Å². The van der Waals surface area contributed by atoms with E-state index >= 15 is 0 Å². The van der Waals surface area contributed by atoms with Crippen LogP contribution >= 0.6 is 0 Å². The molecule has 0 rings (SSSR count). The highest BCUT2D eigenvalue weighted by atomic mass is 16.6. The summed E-state index contributed by atoms with van der Waals surface area (Å²) in [6.07, 6.45) is 98.5. The molecule has 0 amide bonds. The number of carbonyl (C=O) groups excluding carboxylic acids is 3. The first kappa shape index (κ1) is 76.0. The number of carbonyl (C=O) groups is 3. The Morgan fingerprint density at radius 3 is 0.778 bits per heavy atom. The number of rotatable bonds is 58. The molecule has 0 aliphatic heterocycles. The van der Waals surface area contributed by atoms with Crippen molar-refractivity contribution in [3.8, 4) is 0 Å². The third-order valence-corrected chi connectivity index (χ3v) is 13.5. The van der Waals surface area contributed by atoms with Crippen LogP contribution in [0.5, 0.6) is 0 Å². The molecule has 0 saturated heterocycles. The molecule has 6 heteroatoms. The summed E-state index contributed by atoms with van der Waals surface area (Å²) in [6.45, 7) is 6.43. The molecular formula is C75H120O6. The third kappa shape index (κ3) is 65.7. The highest BCUT2D eigenvalue weighted by Crippen LogP contribution is 2.14. The largest absolute Gasteiger partial charge is 0.462 e. The summed E-state index contributed by atoms with van der Waals surface area (Å²) in [5.74, 6) is -0.962. The number of allylic oxidation sites excluding steroid dienone is 26. The standard InChI is InChI=1S/C75H120O6/c1-4-7-10-13-16-18-20-22-24-26-28-30-32-33-34-35-36-37-38-39-40-41-43-44-46-48-50-52-54-56-59-62-65-68-74(77)80-71-72(70-79-73(76)67-64-61-58-15-12-9-6-3)81-75(78)69-66-63-60-57-55-53-51-49-47-45-42-31-29-27-25-23-21-19-17-14-11-8-5-2/h7,10,16,18,21-24,27-30,33-34,36-37,39-40,42-45,48,50,54,56,72H,4-6,8-9,11-15,17,19-20,25-26,31-32,35,38,41,46-47,49,51-53,55,57-71H2,1-3H3/b10-7-,18-16-,23-21-,24-22-,29-27-,30-28-,34-33-,37-36-,40-39-,44-43-,45-42-,50-48-,56-54-. The van der Waals surface area contributed by atoms with Gasteiger partial charge in [0.25, 0.3) is 0 Å². The lowest BCUT2D eigenvalue weighted by molar-refractivity contribution is -0.167. The third-order valence-electron chi connectivity index (χ3n) is 13.5. The predicted octanol–water partition coefficient (Wildman–Crippen LogP) is 22.9. The molecule has 456 valence electrons. The van der Waals surface area contributed by atoms with Gasteiger partial charge in [-0.1, -0.05) is 281 Å². The van der Waals surface area contributed by atoms with Gasteiger partial charge in [0, 0.05) is 19.3 Å². The van der Waals surface area contributed by atoms with Crippen LogP contribution in [-0.2, 0) is 28.6 Å².